The molecule has 1 aliphatic carbocycles. The molecule has 3 fully saturated rings. The number of carbonyl (C=O) groups is 4. The fourth-order valence-corrected chi connectivity index (χ4v) is 6.41. The molecule has 2 aliphatic heterocycles. The summed E-state index contributed by atoms with van der Waals surface area (Å²) in [6, 6.07) is -0.983. The first-order valence-corrected chi connectivity index (χ1v) is 14.6. The Morgan fingerprint density at radius 3 is 2.25 bits per heavy atom. The Labute approximate surface area is 213 Å². The summed E-state index contributed by atoms with van der Waals surface area (Å²) in [5.41, 5.74) is -0.728. The third kappa shape index (κ3) is 7.64. The molecule has 36 heavy (non-hydrogen) atoms. The molecular weight excluding hydrogens is 490 g/mol. The smallest absolute Gasteiger partial charge is 0.410 e. The van der Waals surface area contributed by atoms with Gasteiger partial charge in [-0.15, -0.1) is 0 Å². The highest BCUT2D eigenvalue weighted by atomic mass is 32.2. The molecule has 1 saturated carbocycles. The molecule has 0 N–H and O–H groups in total. The third-order valence-electron chi connectivity index (χ3n) is 6.55. The zero-order chi connectivity index (χ0) is 26.7. The maximum Gasteiger partial charge on any atom is 0.410 e. The van der Waals surface area contributed by atoms with Gasteiger partial charge in [-0.05, 0) is 52.4 Å². The largest absolute Gasteiger partial charge is 0.444 e. The molecular formula is C24H39N3O8S. The van der Waals surface area contributed by atoms with Gasteiger partial charge in [-0.2, -0.15) is 0 Å². The molecule has 3 rings (SSSR count). The molecule has 11 nitrogen and oxygen atoms in total. The van der Waals surface area contributed by atoms with Crippen LogP contribution in [-0.4, -0.2) is 109 Å². The van der Waals surface area contributed by atoms with Crippen molar-refractivity contribution < 1.29 is 37.1 Å². The van der Waals surface area contributed by atoms with Crippen LogP contribution in [0.3, 0.4) is 0 Å². The van der Waals surface area contributed by atoms with Gasteiger partial charge in [0.25, 0.3) is 0 Å². The normalized spacial score (nSPS) is 22.6. The summed E-state index contributed by atoms with van der Waals surface area (Å²) in [7, 11) is -3.71. The number of hydrogen-bond acceptors (Lipinski definition) is 8. The lowest BCUT2D eigenvalue weighted by Crippen LogP contribution is -2.55. The molecule has 3 aliphatic rings. The second-order valence-corrected chi connectivity index (χ2v) is 13.0. The minimum absolute atomic E-state index is 0.0680. The van der Waals surface area contributed by atoms with Crippen LogP contribution in [0.5, 0.6) is 0 Å². The molecule has 3 amide bonds. The molecule has 2 saturated heterocycles. The maximum atomic E-state index is 13.5. The minimum Gasteiger partial charge on any atom is -0.444 e. The SMILES string of the molecule is CC(C)(C)OC(=O)N1CCCC(N(C(=O)CCC(=O)N2CCOCC2)C(C2CC2)S(C)(=O)=O)C(=O)C1. The van der Waals surface area contributed by atoms with Crippen LogP contribution < -0.4 is 0 Å². The van der Waals surface area contributed by atoms with E-state index in [0.717, 1.165) is 6.26 Å². The lowest BCUT2D eigenvalue weighted by Gasteiger charge is -2.36. The summed E-state index contributed by atoms with van der Waals surface area (Å²) in [5, 5.41) is -1.12. The number of rotatable bonds is 7. The quantitative estimate of drug-likeness (QED) is 0.481. The summed E-state index contributed by atoms with van der Waals surface area (Å²) in [6.45, 7) is 6.98. The molecule has 0 spiro atoms. The van der Waals surface area contributed by atoms with E-state index in [2.05, 4.69) is 0 Å². The summed E-state index contributed by atoms with van der Waals surface area (Å²) in [5.74, 6) is -1.36. The van der Waals surface area contributed by atoms with Gasteiger partial charge in [-0.25, -0.2) is 13.2 Å². The molecule has 2 heterocycles. The van der Waals surface area contributed by atoms with Crippen LogP contribution in [-0.2, 0) is 33.7 Å². The van der Waals surface area contributed by atoms with Crippen molar-refractivity contribution in [2.45, 2.75) is 76.3 Å². The fourth-order valence-electron chi connectivity index (χ4n) is 4.76. The van der Waals surface area contributed by atoms with Crippen LogP contribution in [0.25, 0.3) is 0 Å². The second-order valence-electron chi connectivity index (χ2n) is 10.9. The number of morpholine rings is 1. The van der Waals surface area contributed by atoms with Crippen LogP contribution in [0.15, 0.2) is 0 Å². The van der Waals surface area contributed by atoms with Gasteiger partial charge in [0.2, 0.25) is 11.8 Å². The van der Waals surface area contributed by atoms with Gasteiger partial charge >= 0.3 is 6.09 Å². The van der Waals surface area contributed by atoms with Crippen molar-refractivity contribution in [1.29, 1.82) is 0 Å². The number of likely N-dealkylation sites (tertiary alicyclic amines) is 1. The van der Waals surface area contributed by atoms with Crippen LogP contribution in [0.4, 0.5) is 4.79 Å². The lowest BCUT2D eigenvalue weighted by molar-refractivity contribution is -0.143. The highest BCUT2D eigenvalue weighted by Crippen LogP contribution is 2.39. The molecule has 0 aromatic carbocycles. The van der Waals surface area contributed by atoms with E-state index in [1.807, 2.05) is 0 Å². The van der Waals surface area contributed by atoms with Crippen LogP contribution in [0.1, 0.15) is 59.3 Å². The van der Waals surface area contributed by atoms with Crippen molar-refractivity contribution in [3.8, 4) is 0 Å². The Morgan fingerprint density at radius 1 is 1.06 bits per heavy atom. The van der Waals surface area contributed by atoms with Gasteiger partial charge in [0.1, 0.15) is 11.0 Å². The molecule has 0 aromatic heterocycles. The Morgan fingerprint density at radius 2 is 1.69 bits per heavy atom. The van der Waals surface area contributed by atoms with Gasteiger partial charge in [0, 0.05) is 38.7 Å². The lowest BCUT2D eigenvalue weighted by atomic mass is 10.0. The zero-order valence-corrected chi connectivity index (χ0v) is 22.5. The number of amides is 3. The minimum atomic E-state index is -3.71. The average molecular weight is 530 g/mol. The number of ketones is 1. The average Bonchev–Trinajstić information content (AvgIpc) is 3.62. The second kappa shape index (κ2) is 11.5. The zero-order valence-electron chi connectivity index (χ0n) is 21.7. The highest BCUT2D eigenvalue weighted by molar-refractivity contribution is 7.91. The Hall–Kier alpha value is -2.21. The summed E-state index contributed by atoms with van der Waals surface area (Å²) in [4.78, 5) is 56.3. The van der Waals surface area contributed by atoms with E-state index in [1.54, 1.807) is 25.7 Å². The summed E-state index contributed by atoms with van der Waals surface area (Å²) < 4.78 is 36.3. The number of ether oxygens (including phenoxy) is 2. The molecule has 0 aromatic rings. The van der Waals surface area contributed by atoms with E-state index in [9.17, 15) is 27.6 Å². The first-order chi connectivity index (χ1) is 16.8. The number of Topliss-reactive ketones (excluding diaryl/α,β-unsaturated/α-hetero) is 1. The summed E-state index contributed by atoms with van der Waals surface area (Å²) >= 11 is 0. The van der Waals surface area contributed by atoms with Crippen molar-refractivity contribution in [2.75, 3.05) is 45.6 Å². The number of carbonyl (C=O) groups excluding carboxylic acids is 4. The molecule has 0 radical (unpaired) electrons. The van der Waals surface area contributed by atoms with Crippen LogP contribution in [0, 0.1) is 5.92 Å². The monoisotopic (exact) mass is 529 g/mol. The number of sulfone groups is 1. The fraction of sp³-hybridized carbons (Fsp3) is 0.833. The van der Waals surface area contributed by atoms with Crippen molar-refractivity contribution in [1.82, 2.24) is 14.7 Å². The van der Waals surface area contributed by atoms with Gasteiger partial charge < -0.3 is 24.2 Å². The standard InChI is InChI=1S/C24H39N3O8S/c1-24(2,3)35-23(31)26-11-5-6-18(19(28)16-26)27(22(17-7-8-17)36(4,32)33)21(30)10-9-20(29)25-12-14-34-15-13-25/h17-18,22H,5-16H2,1-4H3. The topological polar surface area (TPSA) is 131 Å². The number of nitrogens with zero attached hydrogens (tertiary/aromatic N) is 3. The van der Waals surface area contributed by atoms with E-state index in [1.165, 1.54) is 9.80 Å². The molecule has 204 valence electrons. The van der Waals surface area contributed by atoms with Gasteiger partial charge in [0.05, 0.1) is 25.8 Å². The van der Waals surface area contributed by atoms with Crippen molar-refractivity contribution >= 4 is 33.5 Å². The molecule has 2 atom stereocenters. The number of hydrogen-bond donors (Lipinski definition) is 0. The van der Waals surface area contributed by atoms with Gasteiger partial charge in [-0.1, -0.05) is 0 Å². The molecule has 12 heteroatoms. The van der Waals surface area contributed by atoms with E-state index in [0.29, 0.717) is 45.6 Å². The molecule has 2 unspecified atom stereocenters. The Kier molecular flexibility index (Phi) is 9.02. The maximum absolute atomic E-state index is 13.5. The first kappa shape index (κ1) is 28.4. The summed E-state index contributed by atoms with van der Waals surface area (Å²) in [6.07, 6.45) is 2.16. The molecule has 0 bridgehead atoms. The van der Waals surface area contributed by atoms with Crippen molar-refractivity contribution in [2.24, 2.45) is 5.92 Å². The van der Waals surface area contributed by atoms with Crippen molar-refractivity contribution in [3.63, 3.8) is 0 Å². The highest BCUT2D eigenvalue weighted by Gasteiger charge is 2.48. The third-order valence-corrected chi connectivity index (χ3v) is 8.04. The van der Waals surface area contributed by atoms with E-state index in [4.69, 9.17) is 9.47 Å². The van der Waals surface area contributed by atoms with E-state index < -0.39 is 44.6 Å². The Bertz CT molecular complexity index is 951. The van der Waals surface area contributed by atoms with Crippen LogP contribution >= 0.6 is 0 Å². The van der Waals surface area contributed by atoms with Gasteiger partial charge in [0.15, 0.2) is 15.6 Å². The van der Waals surface area contributed by atoms with Crippen LogP contribution in [0.2, 0.25) is 0 Å². The van der Waals surface area contributed by atoms with Gasteiger partial charge in [-0.3, -0.25) is 14.4 Å². The first-order valence-electron chi connectivity index (χ1n) is 12.6. The van der Waals surface area contributed by atoms with E-state index >= 15 is 0 Å². The predicted octanol–water partition coefficient (Wildman–Crippen LogP) is 1.20. The predicted molar refractivity (Wildman–Crippen MR) is 131 cm³/mol. The van der Waals surface area contributed by atoms with E-state index in [-0.39, 0.29) is 44.2 Å². The Balaban J connectivity index is 1.79. The van der Waals surface area contributed by atoms with Crippen molar-refractivity contribution in [3.05, 3.63) is 0 Å².